The second kappa shape index (κ2) is 10.4. The van der Waals surface area contributed by atoms with Crippen LogP contribution in [-0.2, 0) is 11.3 Å². The number of aryl methyl sites for hydroxylation is 1. The fraction of sp³-hybridized carbons (Fsp3) is 0.480. The monoisotopic (exact) mass is 452 g/mol. The van der Waals surface area contributed by atoms with Crippen LogP contribution in [0.25, 0.3) is 11.4 Å². The quantitative estimate of drug-likeness (QED) is 0.419. The third kappa shape index (κ3) is 5.09. The normalized spacial score (nSPS) is 14.8. The Morgan fingerprint density at radius 2 is 1.91 bits per heavy atom. The third-order valence-corrected chi connectivity index (χ3v) is 7.09. The summed E-state index contributed by atoms with van der Waals surface area (Å²) in [6, 6.07) is 12.7. The van der Waals surface area contributed by atoms with Crippen molar-refractivity contribution in [2.24, 2.45) is 0 Å². The molecule has 3 aromatic rings. The lowest BCUT2D eigenvalue weighted by Gasteiger charge is -2.37. The molecule has 1 aliphatic rings. The number of hydrogen-bond acceptors (Lipinski definition) is 5. The summed E-state index contributed by atoms with van der Waals surface area (Å²) < 4.78 is 7.60. The molecule has 7 heteroatoms. The van der Waals surface area contributed by atoms with E-state index in [1.807, 2.05) is 31.2 Å². The van der Waals surface area contributed by atoms with Gasteiger partial charge in [0.05, 0.1) is 24.1 Å². The molecule has 0 unspecified atom stereocenters. The lowest BCUT2D eigenvalue weighted by molar-refractivity contribution is -0.133. The second-order valence-electron chi connectivity index (χ2n) is 8.74. The molecular weight excluding hydrogens is 420 g/mol. The van der Waals surface area contributed by atoms with Crippen molar-refractivity contribution in [3.63, 3.8) is 0 Å². The Kier molecular flexibility index (Phi) is 7.35. The molecule has 1 amide bonds. The average Bonchev–Trinajstić information content (AvgIpc) is 3.39. The van der Waals surface area contributed by atoms with Crippen LogP contribution >= 0.6 is 11.8 Å². The summed E-state index contributed by atoms with van der Waals surface area (Å²) in [6.45, 7) is 6.81. The molecule has 2 aromatic heterocycles. The van der Waals surface area contributed by atoms with E-state index in [4.69, 9.17) is 4.42 Å². The van der Waals surface area contributed by atoms with Gasteiger partial charge < -0.3 is 9.32 Å². The smallest absolute Gasteiger partial charge is 0.233 e. The number of carbonyl (C=O) groups excluding carboxylic acids is 1. The van der Waals surface area contributed by atoms with E-state index < -0.39 is 0 Å². The zero-order chi connectivity index (χ0) is 22.5. The van der Waals surface area contributed by atoms with Crippen molar-refractivity contribution >= 4 is 17.7 Å². The minimum absolute atomic E-state index is 0.187. The average molecular weight is 453 g/mol. The van der Waals surface area contributed by atoms with Crippen molar-refractivity contribution in [3.05, 3.63) is 54.0 Å². The molecule has 0 saturated heterocycles. The van der Waals surface area contributed by atoms with Gasteiger partial charge >= 0.3 is 0 Å². The Labute approximate surface area is 194 Å². The summed E-state index contributed by atoms with van der Waals surface area (Å²) in [5, 5.41) is 9.69. The Morgan fingerprint density at radius 1 is 1.16 bits per heavy atom. The summed E-state index contributed by atoms with van der Waals surface area (Å²) in [5.74, 6) is 2.13. The van der Waals surface area contributed by atoms with E-state index in [1.54, 1.807) is 6.26 Å². The second-order valence-corrected chi connectivity index (χ2v) is 9.69. The maximum absolute atomic E-state index is 13.2. The Bertz CT molecular complexity index is 1020. The van der Waals surface area contributed by atoms with E-state index in [2.05, 4.69) is 45.6 Å². The number of rotatable bonds is 8. The maximum atomic E-state index is 13.2. The predicted octanol–water partition coefficient (Wildman–Crippen LogP) is 5.56. The molecule has 1 aromatic carbocycles. The van der Waals surface area contributed by atoms with Crippen LogP contribution < -0.4 is 0 Å². The number of amides is 1. The SMILES string of the molecule is Cc1occc1-c1nnc(SCC(=O)N(C(C)C)C2CCCCC2)n1Cc1ccccc1. The highest BCUT2D eigenvalue weighted by atomic mass is 32.2. The van der Waals surface area contributed by atoms with Gasteiger partial charge in [0.1, 0.15) is 5.76 Å². The Morgan fingerprint density at radius 3 is 2.56 bits per heavy atom. The number of carbonyl (C=O) groups is 1. The molecule has 1 fully saturated rings. The largest absolute Gasteiger partial charge is 0.469 e. The van der Waals surface area contributed by atoms with Crippen LogP contribution in [-0.4, -0.2) is 43.4 Å². The summed E-state index contributed by atoms with van der Waals surface area (Å²) in [7, 11) is 0. The fourth-order valence-electron chi connectivity index (χ4n) is 4.59. The molecule has 170 valence electrons. The van der Waals surface area contributed by atoms with Crippen LogP contribution in [0.2, 0.25) is 0 Å². The van der Waals surface area contributed by atoms with Gasteiger partial charge in [-0.1, -0.05) is 61.4 Å². The van der Waals surface area contributed by atoms with Crippen LogP contribution in [0.5, 0.6) is 0 Å². The first-order valence-corrected chi connectivity index (χ1v) is 12.5. The first-order valence-electron chi connectivity index (χ1n) is 11.5. The van der Waals surface area contributed by atoms with Gasteiger partial charge in [-0.05, 0) is 45.2 Å². The predicted molar refractivity (Wildman–Crippen MR) is 128 cm³/mol. The first-order chi connectivity index (χ1) is 15.5. The minimum atomic E-state index is 0.187. The fourth-order valence-corrected chi connectivity index (χ4v) is 5.40. The highest BCUT2D eigenvalue weighted by Gasteiger charge is 2.28. The number of aromatic nitrogens is 3. The Balaban J connectivity index is 1.55. The highest BCUT2D eigenvalue weighted by molar-refractivity contribution is 7.99. The standard InChI is InChI=1S/C25H32N4O2S/c1-18(2)29(21-12-8-5-9-13-21)23(30)17-32-25-27-26-24(22-14-15-31-19(22)3)28(25)16-20-10-6-4-7-11-20/h4,6-7,10-11,14-15,18,21H,5,8-9,12-13,16-17H2,1-3H3. The third-order valence-electron chi connectivity index (χ3n) is 6.14. The van der Waals surface area contributed by atoms with E-state index in [9.17, 15) is 4.79 Å². The zero-order valence-electron chi connectivity index (χ0n) is 19.2. The van der Waals surface area contributed by atoms with Crippen molar-refractivity contribution in [1.29, 1.82) is 0 Å². The van der Waals surface area contributed by atoms with Crippen molar-refractivity contribution in [1.82, 2.24) is 19.7 Å². The van der Waals surface area contributed by atoms with Gasteiger partial charge in [0, 0.05) is 12.1 Å². The lowest BCUT2D eigenvalue weighted by atomic mass is 9.93. The molecular formula is C25H32N4O2S. The minimum Gasteiger partial charge on any atom is -0.469 e. The molecule has 0 aliphatic heterocycles. The van der Waals surface area contributed by atoms with Crippen molar-refractivity contribution in [2.75, 3.05) is 5.75 Å². The molecule has 0 atom stereocenters. The van der Waals surface area contributed by atoms with E-state index >= 15 is 0 Å². The van der Waals surface area contributed by atoms with Crippen LogP contribution in [0.3, 0.4) is 0 Å². The van der Waals surface area contributed by atoms with Crippen molar-refractivity contribution in [3.8, 4) is 11.4 Å². The van der Waals surface area contributed by atoms with E-state index in [0.29, 0.717) is 18.3 Å². The molecule has 1 saturated carbocycles. The van der Waals surface area contributed by atoms with Crippen LogP contribution in [0.15, 0.2) is 52.2 Å². The van der Waals surface area contributed by atoms with Crippen LogP contribution in [0, 0.1) is 6.92 Å². The molecule has 0 radical (unpaired) electrons. The van der Waals surface area contributed by atoms with Crippen molar-refractivity contribution < 1.29 is 9.21 Å². The van der Waals surface area contributed by atoms with E-state index in [0.717, 1.165) is 40.7 Å². The number of hydrogen-bond donors (Lipinski definition) is 0. The van der Waals surface area contributed by atoms with Gasteiger partial charge in [0.25, 0.3) is 0 Å². The number of thioether (sulfide) groups is 1. The summed E-state index contributed by atoms with van der Waals surface area (Å²) in [4.78, 5) is 15.4. The van der Waals surface area contributed by atoms with Gasteiger partial charge in [-0.15, -0.1) is 10.2 Å². The van der Waals surface area contributed by atoms with Gasteiger partial charge in [-0.3, -0.25) is 9.36 Å². The summed E-state index contributed by atoms with van der Waals surface area (Å²) >= 11 is 1.48. The molecule has 2 heterocycles. The molecule has 1 aliphatic carbocycles. The molecule has 6 nitrogen and oxygen atoms in total. The summed E-state index contributed by atoms with van der Waals surface area (Å²) in [6.07, 6.45) is 7.61. The molecule has 0 bridgehead atoms. The van der Waals surface area contributed by atoms with Gasteiger partial charge in [-0.2, -0.15) is 0 Å². The first kappa shape index (κ1) is 22.6. The highest BCUT2D eigenvalue weighted by Crippen LogP contribution is 2.29. The summed E-state index contributed by atoms with van der Waals surface area (Å²) in [5.41, 5.74) is 2.09. The zero-order valence-corrected chi connectivity index (χ0v) is 20.0. The molecule has 32 heavy (non-hydrogen) atoms. The van der Waals surface area contributed by atoms with Crippen LogP contribution in [0.4, 0.5) is 0 Å². The van der Waals surface area contributed by atoms with Crippen LogP contribution in [0.1, 0.15) is 57.3 Å². The molecule has 0 N–H and O–H groups in total. The topological polar surface area (TPSA) is 64.2 Å². The van der Waals surface area contributed by atoms with E-state index in [1.165, 1.54) is 31.0 Å². The van der Waals surface area contributed by atoms with Gasteiger partial charge in [-0.25, -0.2) is 0 Å². The van der Waals surface area contributed by atoms with Crippen molar-refractivity contribution in [2.45, 2.75) is 76.7 Å². The van der Waals surface area contributed by atoms with E-state index in [-0.39, 0.29) is 11.9 Å². The number of nitrogens with zero attached hydrogens (tertiary/aromatic N) is 4. The Hall–Kier alpha value is -2.54. The maximum Gasteiger partial charge on any atom is 0.233 e. The molecule has 4 rings (SSSR count). The van der Waals surface area contributed by atoms with Gasteiger partial charge in [0.2, 0.25) is 5.91 Å². The lowest BCUT2D eigenvalue weighted by Crippen LogP contribution is -2.46. The molecule has 0 spiro atoms. The van der Waals surface area contributed by atoms with Gasteiger partial charge in [0.15, 0.2) is 11.0 Å². The number of benzene rings is 1. The number of furan rings is 1.